The van der Waals surface area contributed by atoms with Crippen molar-refractivity contribution in [3.63, 3.8) is 0 Å². The Bertz CT molecular complexity index is 554. The van der Waals surface area contributed by atoms with Crippen LogP contribution in [-0.2, 0) is 16.6 Å². The van der Waals surface area contributed by atoms with Gasteiger partial charge >= 0.3 is 0 Å². The van der Waals surface area contributed by atoms with Crippen LogP contribution in [0.1, 0.15) is 23.6 Å². The summed E-state index contributed by atoms with van der Waals surface area (Å²) >= 11 is 1.34. The third-order valence-electron chi connectivity index (χ3n) is 2.77. The summed E-state index contributed by atoms with van der Waals surface area (Å²) in [5, 5.41) is 0.840. The lowest BCUT2D eigenvalue weighted by atomic mass is 10.2. The van der Waals surface area contributed by atoms with E-state index in [-0.39, 0.29) is 5.25 Å². The molecule has 0 aliphatic rings. The molecule has 0 bridgehead atoms. The van der Waals surface area contributed by atoms with E-state index in [9.17, 15) is 4.21 Å². The molecular formula is C13H17N3OS2. The van der Waals surface area contributed by atoms with E-state index in [4.69, 9.17) is 0 Å². The fraction of sp³-hybridized carbons (Fsp3) is 0.385. The van der Waals surface area contributed by atoms with Gasteiger partial charge in [-0.3, -0.25) is 4.21 Å². The van der Waals surface area contributed by atoms with Crippen LogP contribution in [0.2, 0.25) is 0 Å². The summed E-state index contributed by atoms with van der Waals surface area (Å²) in [6.07, 6.45) is 0. The van der Waals surface area contributed by atoms with Crippen LogP contribution in [0.4, 0.5) is 5.13 Å². The largest absolute Gasteiger partial charge is 0.353 e. The molecule has 1 aromatic heterocycles. The maximum Gasteiger partial charge on any atom is 0.204 e. The molecule has 0 N–H and O–H groups in total. The normalized spacial score (nSPS) is 14.1. The molecule has 0 amide bonds. The van der Waals surface area contributed by atoms with Gasteiger partial charge in [-0.25, -0.2) is 4.98 Å². The molecule has 0 aliphatic heterocycles. The van der Waals surface area contributed by atoms with Crippen molar-refractivity contribution in [3.8, 4) is 0 Å². The molecule has 0 spiro atoms. The summed E-state index contributed by atoms with van der Waals surface area (Å²) in [5.41, 5.74) is 1.09. The molecule has 0 saturated heterocycles. The predicted octanol–water partition coefficient (Wildman–Crippen LogP) is 2.61. The number of anilines is 1. The van der Waals surface area contributed by atoms with Gasteiger partial charge in [0.15, 0.2) is 5.82 Å². The average Bonchev–Trinajstić information content (AvgIpc) is 2.87. The van der Waals surface area contributed by atoms with Gasteiger partial charge in [-0.2, -0.15) is 4.37 Å². The van der Waals surface area contributed by atoms with Crippen LogP contribution in [0.15, 0.2) is 30.3 Å². The molecule has 2 unspecified atom stereocenters. The van der Waals surface area contributed by atoms with Crippen molar-refractivity contribution in [1.82, 2.24) is 9.36 Å². The minimum Gasteiger partial charge on any atom is -0.353 e. The highest BCUT2D eigenvalue weighted by molar-refractivity contribution is 7.84. The van der Waals surface area contributed by atoms with Crippen LogP contribution >= 0.6 is 11.5 Å². The molecule has 1 aromatic carbocycles. The maximum absolute atomic E-state index is 12.3. The molecule has 4 nitrogen and oxygen atoms in total. The van der Waals surface area contributed by atoms with Gasteiger partial charge in [0, 0.05) is 36.4 Å². The smallest absolute Gasteiger partial charge is 0.204 e. The second-order valence-electron chi connectivity index (χ2n) is 4.47. The highest BCUT2D eigenvalue weighted by Gasteiger charge is 2.16. The highest BCUT2D eigenvalue weighted by atomic mass is 32.2. The summed E-state index contributed by atoms with van der Waals surface area (Å²) in [6.45, 7) is 1.98. The fourth-order valence-corrected chi connectivity index (χ4v) is 3.39. The van der Waals surface area contributed by atoms with Crippen molar-refractivity contribution >= 4 is 27.5 Å². The first-order chi connectivity index (χ1) is 9.08. The highest BCUT2D eigenvalue weighted by Crippen LogP contribution is 2.22. The predicted molar refractivity (Wildman–Crippen MR) is 80.9 cm³/mol. The van der Waals surface area contributed by atoms with E-state index >= 15 is 0 Å². The summed E-state index contributed by atoms with van der Waals surface area (Å²) < 4.78 is 16.6. The van der Waals surface area contributed by atoms with E-state index in [1.807, 2.05) is 56.3 Å². The second kappa shape index (κ2) is 6.25. The summed E-state index contributed by atoms with van der Waals surface area (Å²) in [6, 6.07) is 9.90. The van der Waals surface area contributed by atoms with Gasteiger partial charge in [-0.15, -0.1) is 0 Å². The lowest BCUT2D eigenvalue weighted by Gasteiger charge is -2.10. The topological polar surface area (TPSA) is 46.1 Å². The molecule has 1 heterocycles. The summed E-state index contributed by atoms with van der Waals surface area (Å²) in [4.78, 5) is 6.27. The Morgan fingerprint density at radius 1 is 1.32 bits per heavy atom. The van der Waals surface area contributed by atoms with Crippen LogP contribution in [0.5, 0.6) is 0 Å². The maximum atomic E-state index is 12.3. The van der Waals surface area contributed by atoms with Gasteiger partial charge in [-0.1, -0.05) is 30.3 Å². The number of rotatable bonds is 5. The van der Waals surface area contributed by atoms with Crippen molar-refractivity contribution < 1.29 is 4.21 Å². The van der Waals surface area contributed by atoms with Gasteiger partial charge in [0.1, 0.15) is 0 Å². The second-order valence-corrected chi connectivity index (χ2v) is 6.95. The van der Waals surface area contributed by atoms with Gasteiger partial charge in [0.25, 0.3) is 0 Å². The molecule has 0 radical (unpaired) electrons. The molecule has 0 fully saturated rings. The Labute approximate surface area is 120 Å². The number of benzene rings is 1. The molecule has 2 rings (SSSR count). The van der Waals surface area contributed by atoms with Crippen LogP contribution in [0.3, 0.4) is 0 Å². The Hall–Kier alpha value is -1.27. The Balaban J connectivity index is 2.04. The summed E-state index contributed by atoms with van der Waals surface area (Å²) in [5.74, 6) is 1.07. The third-order valence-corrected chi connectivity index (χ3v) is 5.30. The van der Waals surface area contributed by atoms with E-state index in [0.29, 0.717) is 11.6 Å². The van der Waals surface area contributed by atoms with Crippen molar-refractivity contribution in [2.24, 2.45) is 0 Å². The van der Waals surface area contributed by atoms with E-state index in [1.54, 1.807) is 0 Å². The molecule has 19 heavy (non-hydrogen) atoms. The number of hydrogen-bond donors (Lipinski definition) is 0. The minimum atomic E-state index is -1.00. The van der Waals surface area contributed by atoms with Crippen LogP contribution in [-0.4, -0.2) is 27.7 Å². The van der Waals surface area contributed by atoms with E-state index in [0.717, 1.165) is 10.7 Å². The minimum absolute atomic E-state index is 0.00694. The fourth-order valence-electron chi connectivity index (χ4n) is 1.61. The van der Waals surface area contributed by atoms with E-state index in [2.05, 4.69) is 9.36 Å². The molecule has 6 heteroatoms. The number of hydrogen-bond acceptors (Lipinski definition) is 5. The average molecular weight is 295 g/mol. The zero-order valence-electron chi connectivity index (χ0n) is 11.2. The number of aromatic nitrogens is 2. The first-order valence-electron chi connectivity index (χ1n) is 6.00. The molecular weight excluding hydrogens is 278 g/mol. The molecule has 102 valence electrons. The van der Waals surface area contributed by atoms with Gasteiger partial charge < -0.3 is 4.90 Å². The lowest BCUT2D eigenvalue weighted by Crippen LogP contribution is -2.09. The molecule has 2 atom stereocenters. The summed E-state index contributed by atoms with van der Waals surface area (Å²) in [7, 11) is 2.85. The molecule has 0 saturated carbocycles. The number of nitrogens with zero attached hydrogens (tertiary/aromatic N) is 3. The van der Waals surface area contributed by atoms with Crippen molar-refractivity contribution in [2.75, 3.05) is 19.0 Å². The van der Waals surface area contributed by atoms with Crippen LogP contribution < -0.4 is 4.90 Å². The molecule has 2 aromatic rings. The Morgan fingerprint density at radius 3 is 2.58 bits per heavy atom. The SMILES string of the molecule is CC(c1ccccc1)S(=O)Cc1nsc(N(C)C)n1. The van der Waals surface area contributed by atoms with Gasteiger partial charge in [0.2, 0.25) is 5.13 Å². The molecule has 0 aliphatic carbocycles. The van der Waals surface area contributed by atoms with Crippen molar-refractivity contribution in [1.29, 1.82) is 0 Å². The quantitative estimate of drug-likeness (QED) is 0.850. The Kier molecular flexibility index (Phi) is 4.66. The zero-order valence-corrected chi connectivity index (χ0v) is 12.9. The standard InChI is InChI=1S/C13H17N3OS2/c1-10(11-7-5-4-6-8-11)19(17)9-12-14-13(16(2)3)18-15-12/h4-8,10H,9H2,1-3H3. The Morgan fingerprint density at radius 2 is 2.00 bits per heavy atom. The zero-order chi connectivity index (χ0) is 13.8. The van der Waals surface area contributed by atoms with Crippen molar-refractivity contribution in [2.45, 2.75) is 17.9 Å². The van der Waals surface area contributed by atoms with Crippen LogP contribution in [0, 0.1) is 0 Å². The lowest BCUT2D eigenvalue weighted by molar-refractivity contribution is 0.674. The van der Waals surface area contributed by atoms with Crippen LogP contribution in [0.25, 0.3) is 0 Å². The van der Waals surface area contributed by atoms with E-state index in [1.165, 1.54) is 11.5 Å². The van der Waals surface area contributed by atoms with Crippen molar-refractivity contribution in [3.05, 3.63) is 41.7 Å². The first kappa shape index (κ1) is 14.1. The third kappa shape index (κ3) is 3.61. The van der Waals surface area contributed by atoms with E-state index < -0.39 is 10.8 Å². The monoisotopic (exact) mass is 295 g/mol. The first-order valence-corrected chi connectivity index (χ1v) is 8.15. The van der Waals surface area contributed by atoms with Gasteiger partial charge in [-0.05, 0) is 12.5 Å². The van der Waals surface area contributed by atoms with Gasteiger partial charge in [0.05, 0.1) is 11.0 Å².